The van der Waals surface area contributed by atoms with Crippen LogP contribution in [0.4, 0.5) is 0 Å². The summed E-state index contributed by atoms with van der Waals surface area (Å²) in [7, 11) is -9.18. The van der Waals surface area contributed by atoms with E-state index in [0.29, 0.717) is 40.3 Å². The Kier molecular flexibility index (Phi) is 10.4. The van der Waals surface area contributed by atoms with Gasteiger partial charge in [0.15, 0.2) is 5.65 Å². The fourth-order valence-electron chi connectivity index (χ4n) is 4.07. The van der Waals surface area contributed by atoms with Crippen molar-refractivity contribution in [3.63, 3.8) is 0 Å². The second-order valence-corrected chi connectivity index (χ2v) is 11.3. The second-order valence-electron chi connectivity index (χ2n) is 8.56. The summed E-state index contributed by atoms with van der Waals surface area (Å²) < 4.78 is 69.1. The third kappa shape index (κ3) is 7.21. The van der Waals surface area contributed by atoms with E-state index in [0.717, 1.165) is 5.56 Å². The first kappa shape index (κ1) is 32.4. The summed E-state index contributed by atoms with van der Waals surface area (Å²) in [4.78, 5) is 8.62. The van der Waals surface area contributed by atoms with Gasteiger partial charge in [0.25, 0.3) is 0 Å². The predicted octanol–water partition coefficient (Wildman–Crippen LogP) is -2.90. The van der Waals surface area contributed by atoms with Gasteiger partial charge in [0.2, 0.25) is 5.88 Å². The minimum atomic E-state index is -4.61. The zero-order valence-corrected chi connectivity index (χ0v) is 27.2. The fraction of sp³-hybridized carbons (Fsp3) is 0.0769. The van der Waals surface area contributed by atoms with E-state index in [1.165, 1.54) is 52.9 Å². The molecule has 0 unspecified atom stereocenters. The molecule has 10 nitrogen and oxygen atoms in total. The molecule has 0 aliphatic carbocycles. The average molecular weight is 596 g/mol. The van der Waals surface area contributed by atoms with Crippen molar-refractivity contribution in [3.05, 3.63) is 108 Å². The van der Waals surface area contributed by atoms with Crippen molar-refractivity contribution in [1.82, 2.24) is 14.4 Å². The van der Waals surface area contributed by atoms with Gasteiger partial charge in [-0.3, -0.25) is 4.40 Å². The molecule has 5 rings (SSSR count). The van der Waals surface area contributed by atoms with Crippen LogP contribution in [0, 0.1) is 0 Å². The summed E-state index contributed by atoms with van der Waals surface area (Å²) in [6, 6.07) is 20.2. The Morgan fingerprint density at radius 2 is 1.18 bits per heavy atom. The van der Waals surface area contributed by atoms with Crippen molar-refractivity contribution in [2.75, 3.05) is 0 Å². The molecule has 2 heterocycles. The van der Waals surface area contributed by atoms with Crippen molar-refractivity contribution in [2.24, 2.45) is 0 Å². The van der Waals surface area contributed by atoms with E-state index in [1.807, 2.05) is 30.3 Å². The quantitative estimate of drug-likeness (QED) is 0.154. The van der Waals surface area contributed by atoms with Gasteiger partial charge < -0.3 is 14.2 Å². The summed E-state index contributed by atoms with van der Waals surface area (Å²) in [6.45, 7) is 0. The molecule has 40 heavy (non-hydrogen) atoms. The maximum atomic E-state index is 11.3. The Labute approximate surface area is 275 Å². The minimum absolute atomic E-state index is 0. The number of fused-ring (bicyclic) bond motifs is 1. The predicted molar refractivity (Wildman–Crippen MR) is 135 cm³/mol. The van der Waals surface area contributed by atoms with E-state index in [9.17, 15) is 31.0 Å². The Bertz CT molecular complexity index is 1860. The summed E-state index contributed by atoms with van der Waals surface area (Å²) in [6.07, 6.45) is 2.10. The molecule has 0 atom stereocenters. The Morgan fingerprint density at radius 1 is 0.675 bits per heavy atom. The molecule has 3 aromatic carbocycles. The Morgan fingerprint density at radius 3 is 1.73 bits per heavy atom. The summed E-state index contributed by atoms with van der Waals surface area (Å²) >= 11 is 0. The van der Waals surface area contributed by atoms with E-state index in [1.54, 1.807) is 6.20 Å². The van der Waals surface area contributed by atoms with Crippen molar-refractivity contribution in [3.8, 4) is 17.1 Å². The third-order valence-electron chi connectivity index (χ3n) is 5.96. The molecular formula is C26H19N3Na2O7S2. The number of hydrogen-bond donors (Lipinski definition) is 1. The largest absolute Gasteiger partial charge is 1.00 e. The number of hydrogen-bond acceptors (Lipinski definition) is 9. The normalized spacial score (nSPS) is 11.6. The van der Waals surface area contributed by atoms with E-state index >= 15 is 0 Å². The van der Waals surface area contributed by atoms with Crippen LogP contribution in [0.25, 0.3) is 16.9 Å². The third-order valence-corrected chi connectivity index (χ3v) is 7.66. The number of aromatic hydroxyl groups is 1. The minimum Gasteiger partial charge on any atom is -0.744 e. The van der Waals surface area contributed by atoms with E-state index in [4.69, 9.17) is 4.98 Å². The van der Waals surface area contributed by atoms with Crippen LogP contribution in [0.3, 0.4) is 0 Å². The van der Waals surface area contributed by atoms with Gasteiger partial charge in [-0.15, -0.1) is 0 Å². The van der Waals surface area contributed by atoms with Gasteiger partial charge in [0, 0.05) is 24.6 Å². The topological polar surface area (TPSA) is 165 Å². The van der Waals surface area contributed by atoms with E-state index in [-0.39, 0.29) is 81.2 Å². The standard InChI is InChI=1S/C26H21N3O7S2.2Na/c30-26-23(15-18-6-10-20(11-7-18)37(31,32)33)28-25-22(14-17-4-2-1-3-5-17)27-24(16-29(25)26)19-8-12-21(13-9-19)38(34,35)36;;/h1-13,16,30H,14-15H2,(H,31,32,33)(H,34,35,36);;/q;2*+1/p-2. The van der Waals surface area contributed by atoms with Crippen molar-refractivity contribution in [1.29, 1.82) is 0 Å². The Balaban J connectivity index is 0.00000220. The molecule has 0 amide bonds. The maximum Gasteiger partial charge on any atom is 1.00 e. The monoisotopic (exact) mass is 595 g/mol. The van der Waals surface area contributed by atoms with Crippen molar-refractivity contribution in [2.45, 2.75) is 22.6 Å². The first-order chi connectivity index (χ1) is 18.0. The summed E-state index contributed by atoms with van der Waals surface area (Å²) in [5, 5.41) is 11.1. The smallest absolute Gasteiger partial charge is 0.744 e. The van der Waals surface area contributed by atoms with Crippen LogP contribution in [-0.2, 0) is 33.1 Å². The zero-order valence-electron chi connectivity index (χ0n) is 21.6. The number of rotatable bonds is 7. The molecule has 0 saturated carbocycles. The number of aromatic nitrogens is 3. The van der Waals surface area contributed by atoms with Gasteiger partial charge in [0.1, 0.15) is 25.9 Å². The molecule has 0 bridgehead atoms. The molecule has 1 N–H and O–H groups in total. The van der Waals surface area contributed by atoms with Gasteiger partial charge in [0.05, 0.1) is 21.2 Å². The molecular weight excluding hydrogens is 576 g/mol. The maximum absolute atomic E-state index is 11.3. The molecule has 0 aliphatic rings. The average Bonchev–Trinajstić information content (AvgIpc) is 3.19. The second kappa shape index (κ2) is 12.8. The number of nitrogens with zero attached hydrogens (tertiary/aromatic N) is 3. The molecule has 0 saturated heterocycles. The molecule has 0 aliphatic heterocycles. The molecule has 0 fully saturated rings. The first-order valence-corrected chi connectivity index (χ1v) is 14.1. The number of benzene rings is 3. The molecule has 0 radical (unpaired) electrons. The van der Waals surface area contributed by atoms with Crippen LogP contribution < -0.4 is 59.1 Å². The molecule has 14 heteroatoms. The van der Waals surface area contributed by atoms with Gasteiger partial charge in [-0.1, -0.05) is 54.6 Å². The van der Waals surface area contributed by atoms with Crippen molar-refractivity contribution >= 4 is 25.9 Å². The van der Waals surface area contributed by atoms with E-state index in [2.05, 4.69) is 4.98 Å². The Hall–Kier alpha value is -2.10. The van der Waals surface area contributed by atoms with Gasteiger partial charge in [-0.2, -0.15) is 0 Å². The number of imidazole rings is 1. The molecule has 0 spiro atoms. The summed E-state index contributed by atoms with van der Waals surface area (Å²) in [5.41, 5.74) is 3.78. The summed E-state index contributed by atoms with van der Waals surface area (Å²) in [5.74, 6) is -0.155. The van der Waals surface area contributed by atoms with Crippen LogP contribution in [0.15, 0.2) is 94.9 Å². The first-order valence-electron chi connectivity index (χ1n) is 11.2. The fourth-order valence-corrected chi connectivity index (χ4v) is 5.01. The molecule has 2 aromatic heterocycles. The van der Waals surface area contributed by atoms with Gasteiger partial charge in [-0.05, 0) is 35.4 Å². The van der Waals surface area contributed by atoms with Crippen LogP contribution in [0.1, 0.15) is 22.5 Å². The van der Waals surface area contributed by atoms with Gasteiger partial charge >= 0.3 is 59.1 Å². The SMILES string of the molecule is O=S(=O)([O-])c1ccc(Cc2nc3c(Cc4ccccc4)nc(-c4ccc(S(=O)(=O)[O-])cc4)cn3c2O)cc1.[Na+].[Na+]. The van der Waals surface area contributed by atoms with Crippen LogP contribution in [-0.4, -0.2) is 45.4 Å². The van der Waals surface area contributed by atoms with Crippen LogP contribution in [0.5, 0.6) is 5.88 Å². The van der Waals surface area contributed by atoms with Crippen molar-refractivity contribution < 1.29 is 90.2 Å². The van der Waals surface area contributed by atoms with Crippen LogP contribution >= 0.6 is 0 Å². The van der Waals surface area contributed by atoms with Gasteiger partial charge in [-0.25, -0.2) is 26.8 Å². The van der Waals surface area contributed by atoms with E-state index < -0.39 is 20.2 Å². The van der Waals surface area contributed by atoms with Crippen LogP contribution in [0.2, 0.25) is 0 Å². The molecule has 194 valence electrons. The molecule has 5 aromatic rings. The zero-order chi connectivity index (χ0) is 27.1.